The summed E-state index contributed by atoms with van der Waals surface area (Å²) in [5.41, 5.74) is 0.842. The number of aromatic nitrogens is 1. The van der Waals surface area contributed by atoms with Crippen LogP contribution >= 0.6 is 34.2 Å². The van der Waals surface area contributed by atoms with Crippen molar-refractivity contribution in [2.45, 2.75) is 3.38 Å². The molecule has 1 aromatic heterocycles. The van der Waals surface area contributed by atoms with E-state index in [-0.39, 0.29) is 9.08 Å². The summed E-state index contributed by atoms with van der Waals surface area (Å²) in [7, 11) is 0. The van der Waals surface area contributed by atoms with Gasteiger partial charge in [-0.1, -0.05) is 28.7 Å². The molecule has 3 nitrogen and oxygen atoms in total. The zero-order valence-electron chi connectivity index (χ0n) is 5.87. The second kappa shape index (κ2) is 4.04. The van der Waals surface area contributed by atoms with Gasteiger partial charge in [0.2, 0.25) is 0 Å². The van der Waals surface area contributed by atoms with Gasteiger partial charge in [0.25, 0.3) is 0 Å². The molecule has 0 amide bonds. The van der Waals surface area contributed by atoms with Crippen LogP contribution in [0.4, 0.5) is 0 Å². The van der Waals surface area contributed by atoms with Crippen LogP contribution in [0.25, 0.3) is 0 Å². The average molecular weight is 297 g/mol. The summed E-state index contributed by atoms with van der Waals surface area (Å²) >= 11 is 7.75. The molecular formula is C7H5ClINO2. The third-order valence-corrected chi connectivity index (χ3v) is 2.23. The van der Waals surface area contributed by atoms with Crippen LogP contribution in [0, 0.1) is 0 Å². The monoisotopic (exact) mass is 297 g/mol. The van der Waals surface area contributed by atoms with Crippen LogP contribution in [-0.2, 0) is 0 Å². The Bertz CT molecular complexity index is 286. The van der Waals surface area contributed by atoms with E-state index in [4.69, 9.17) is 16.7 Å². The summed E-state index contributed by atoms with van der Waals surface area (Å²) in [6.07, 6.45) is 1.47. The molecule has 0 radical (unpaired) electrons. The quantitative estimate of drug-likeness (QED) is 0.674. The van der Waals surface area contributed by atoms with E-state index in [0.717, 1.165) is 5.56 Å². The van der Waals surface area contributed by atoms with Crippen LogP contribution in [0.1, 0.15) is 19.4 Å². The highest BCUT2D eigenvalue weighted by atomic mass is 127. The Kier molecular flexibility index (Phi) is 3.28. The molecule has 64 valence electrons. The molecule has 0 fully saturated rings. The summed E-state index contributed by atoms with van der Waals surface area (Å²) in [6.45, 7) is 0. The van der Waals surface area contributed by atoms with E-state index < -0.39 is 5.97 Å². The van der Waals surface area contributed by atoms with Crippen LogP contribution in [0.15, 0.2) is 18.3 Å². The maximum Gasteiger partial charge on any atom is 0.354 e. The molecule has 1 heterocycles. The van der Waals surface area contributed by atoms with Gasteiger partial charge < -0.3 is 5.11 Å². The highest BCUT2D eigenvalue weighted by Gasteiger charge is 2.06. The Labute approximate surface area is 87.9 Å². The van der Waals surface area contributed by atoms with Gasteiger partial charge in [-0.25, -0.2) is 9.78 Å². The Morgan fingerprint density at radius 3 is 2.67 bits per heavy atom. The summed E-state index contributed by atoms with van der Waals surface area (Å²) in [5.74, 6) is -1.03. The van der Waals surface area contributed by atoms with Crippen molar-refractivity contribution in [2.75, 3.05) is 0 Å². The predicted molar refractivity (Wildman–Crippen MR) is 53.8 cm³/mol. The summed E-state index contributed by atoms with van der Waals surface area (Å²) in [5, 5.41) is 8.52. The van der Waals surface area contributed by atoms with Gasteiger partial charge in [-0.05, 0) is 11.6 Å². The van der Waals surface area contributed by atoms with Crippen molar-refractivity contribution in [3.63, 3.8) is 0 Å². The third-order valence-electron chi connectivity index (χ3n) is 1.26. The van der Waals surface area contributed by atoms with Crippen LogP contribution in [0.3, 0.4) is 0 Å². The molecule has 0 aliphatic carbocycles. The molecule has 1 N–H and O–H groups in total. The van der Waals surface area contributed by atoms with Gasteiger partial charge in [0.1, 0.15) is 9.08 Å². The van der Waals surface area contributed by atoms with Gasteiger partial charge in [-0.2, -0.15) is 0 Å². The van der Waals surface area contributed by atoms with Gasteiger partial charge in [0, 0.05) is 6.20 Å². The molecule has 0 spiro atoms. The fourth-order valence-corrected chi connectivity index (χ4v) is 1.16. The zero-order chi connectivity index (χ0) is 9.14. The number of aromatic carboxylic acids is 1. The minimum atomic E-state index is -1.03. The van der Waals surface area contributed by atoms with Crippen LogP contribution in [0.5, 0.6) is 0 Å². The number of rotatable bonds is 2. The number of nitrogens with zero attached hydrogens (tertiary/aromatic N) is 1. The molecule has 0 saturated carbocycles. The second-order valence-corrected chi connectivity index (χ2v) is 4.50. The largest absolute Gasteiger partial charge is 0.477 e. The second-order valence-electron chi connectivity index (χ2n) is 2.08. The maximum absolute atomic E-state index is 10.4. The zero-order valence-corrected chi connectivity index (χ0v) is 8.78. The average Bonchev–Trinajstić information content (AvgIpc) is 2.04. The number of hydrogen-bond acceptors (Lipinski definition) is 2. The lowest BCUT2D eigenvalue weighted by molar-refractivity contribution is 0.0690. The summed E-state index contributed by atoms with van der Waals surface area (Å²) in [4.78, 5) is 14.1. The normalized spacial score (nSPS) is 12.5. The van der Waals surface area contributed by atoms with Crippen molar-refractivity contribution in [2.24, 2.45) is 0 Å². The Morgan fingerprint density at radius 1 is 1.67 bits per heavy atom. The molecule has 1 rings (SSSR count). The number of carboxylic acids is 1. The van der Waals surface area contributed by atoms with Gasteiger partial charge >= 0.3 is 5.97 Å². The molecule has 1 aromatic rings. The number of alkyl halides is 2. The smallest absolute Gasteiger partial charge is 0.354 e. The van der Waals surface area contributed by atoms with E-state index in [1.165, 1.54) is 12.3 Å². The molecule has 0 bridgehead atoms. The molecule has 0 aliphatic rings. The van der Waals surface area contributed by atoms with E-state index >= 15 is 0 Å². The maximum atomic E-state index is 10.4. The first-order chi connectivity index (χ1) is 5.61. The lowest BCUT2D eigenvalue weighted by Gasteiger charge is -2.00. The van der Waals surface area contributed by atoms with E-state index in [1.54, 1.807) is 6.07 Å². The first-order valence-electron chi connectivity index (χ1n) is 3.08. The highest BCUT2D eigenvalue weighted by molar-refractivity contribution is 14.1. The molecule has 12 heavy (non-hydrogen) atoms. The van der Waals surface area contributed by atoms with E-state index in [0.29, 0.717) is 0 Å². The summed E-state index contributed by atoms with van der Waals surface area (Å²) in [6, 6.07) is 3.09. The van der Waals surface area contributed by atoms with Gasteiger partial charge in [0.15, 0.2) is 0 Å². The standard InChI is InChI=1S/C7H5ClINO2/c8-6(9)4-1-2-5(7(11)12)10-3-4/h1-3,6H,(H,11,12). The third kappa shape index (κ3) is 2.31. The Morgan fingerprint density at radius 2 is 2.33 bits per heavy atom. The lowest BCUT2D eigenvalue weighted by atomic mass is 10.3. The van der Waals surface area contributed by atoms with Crippen LogP contribution in [-0.4, -0.2) is 16.1 Å². The van der Waals surface area contributed by atoms with E-state index in [2.05, 4.69) is 4.98 Å². The fourth-order valence-electron chi connectivity index (χ4n) is 0.661. The van der Waals surface area contributed by atoms with Crippen molar-refractivity contribution in [3.05, 3.63) is 29.6 Å². The number of carbonyl (C=O) groups is 1. The number of carboxylic acid groups (broad SMARTS) is 1. The first-order valence-corrected chi connectivity index (χ1v) is 4.77. The van der Waals surface area contributed by atoms with Crippen molar-refractivity contribution in [1.29, 1.82) is 0 Å². The van der Waals surface area contributed by atoms with Gasteiger partial charge in [-0.15, -0.1) is 11.6 Å². The number of pyridine rings is 1. The van der Waals surface area contributed by atoms with E-state index in [1.807, 2.05) is 22.6 Å². The molecule has 0 aliphatic heterocycles. The fraction of sp³-hybridized carbons (Fsp3) is 0.143. The Hall–Kier alpha value is -0.360. The van der Waals surface area contributed by atoms with Crippen LogP contribution in [0.2, 0.25) is 0 Å². The molecule has 0 aromatic carbocycles. The minimum absolute atomic E-state index is 0.0347. The first kappa shape index (κ1) is 9.73. The van der Waals surface area contributed by atoms with Crippen molar-refractivity contribution in [3.8, 4) is 0 Å². The molecule has 1 unspecified atom stereocenters. The lowest BCUT2D eigenvalue weighted by Crippen LogP contribution is -1.99. The Balaban J connectivity index is 2.93. The molecule has 5 heteroatoms. The molecule has 0 saturated heterocycles. The highest BCUT2D eigenvalue weighted by Crippen LogP contribution is 2.26. The van der Waals surface area contributed by atoms with Gasteiger partial charge in [-0.3, -0.25) is 0 Å². The predicted octanol–water partition coefficient (Wildman–Crippen LogP) is 2.45. The SMILES string of the molecule is O=C(O)c1ccc(C(Cl)I)cn1. The minimum Gasteiger partial charge on any atom is -0.477 e. The van der Waals surface area contributed by atoms with Crippen molar-refractivity contribution >= 4 is 40.2 Å². The van der Waals surface area contributed by atoms with E-state index in [9.17, 15) is 4.79 Å². The number of halogens is 2. The van der Waals surface area contributed by atoms with Crippen molar-refractivity contribution in [1.82, 2.24) is 4.98 Å². The molecule has 1 atom stereocenters. The summed E-state index contributed by atoms with van der Waals surface area (Å²) < 4.78 is -0.169. The molecular weight excluding hydrogens is 292 g/mol. The van der Waals surface area contributed by atoms with Gasteiger partial charge in [0.05, 0.1) is 0 Å². The van der Waals surface area contributed by atoms with Crippen molar-refractivity contribution < 1.29 is 9.90 Å². The number of hydrogen-bond donors (Lipinski definition) is 1. The van der Waals surface area contributed by atoms with Crippen LogP contribution < -0.4 is 0 Å². The topological polar surface area (TPSA) is 50.2 Å².